The number of halogens is 3. The topological polar surface area (TPSA) is 54.0 Å². The van der Waals surface area contributed by atoms with Crippen LogP contribution in [0.4, 0.5) is 23.7 Å². The number of nitrogens with one attached hydrogen (secondary N) is 1. The Balaban J connectivity index is 1.24. The summed E-state index contributed by atoms with van der Waals surface area (Å²) < 4.78 is 46.7. The number of likely N-dealkylation sites (N-methyl/N-ethyl adjacent to an activating group) is 1. The van der Waals surface area contributed by atoms with Gasteiger partial charge in [0, 0.05) is 30.9 Å². The Labute approximate surface area is 201 Å². The predicted molar refractivity (Wildman–Crippen MR) is 127 cm³/mol. The van der Waals surface area contributed by atoms with Crippen LogP contribution in [0.2, 0.25) is 0 Å². The molecule has 1 atom stereocenters. The minimum absolute atomic E-state index is 0.0395. The largest absolute Gasteiger partial charge is 0.573 e. The molecule has 0 saturated carbocycles. The van der Waals surface area contributed by atoms with Crippen LogP contribution in [0.5, 0.6) is 17.2 Å². The average Bonchev–Trinajstić information content (AvgIpc) is 2.79. The molecule has 6 nitrogen and oxygen atoms in total. The maximum absolute atomic E-state index is 12.6. The Hall–Kier alpha value is -3.72. The Kier molecular flexibility index (Phi) is 7.16. The van der Waals surface area contributed by atoms with Gasteiger partial charge < -0.3 is 19.7 Å². The zero-order valence-corrected chi connectivity index (χ0v) is 19.3. The molecule has 1 aliphatic heterocycles. The van der Waals surface area contributed by atoms with Gasteiger partial charge in [-0.1, -0.05) is 30.3 Å². The number of likely N-dealkylation sites (tertiary alicyclic amines) is 1. The second-order valence-corrected chi connectivity index (χ2v) is 8.39. The molecule has 9 heteroatoms. The van der Waals surface area contributed by atoms with E-state index < -0.39 is 6.36 Å². The van der Waals surface area contributed by atoms with Gasteiger partial charge in [-0.15, -0.1) is 13.2 Å². The van der Waals surface area contributed by atoms with Gasteiger partial charge in [0.15, 0.2) is 0 Å². The lowest BCUT2D eigenvalue weighted by Crippen LogP contribution is -2.61. The van der Waals surface area contributed by atoms with E-state index in [0.29, 0.717) is 24.5 Å². The van der Waals surface area contributed by atoms with E-state index in [1.165, 1.54) is 12.1 Å². The highest BCUT2D eigenvalue weighted by Crippen LogP contribution is 2.29. The standard InChI is InChI=1S/C26H26F3N3O3/c1-18(19-8-12-24(13-9-19)35-26(27,28)29)31(2)21-16-32(17-21)25(33)30-20-10-14-23(15-11-20)34-22-6-4-3-5-7-22/h3-15,18,21H,16-17H2,1-2H3,(H,30,33). The first-order valence-corrected chi connectivity index (χ1v) is 11.1. The second kappa shape index (κ2) is 10.3. The lowest BCUT2D eigenvalue weighted by Gasteiger charge is -2.46. The van der Waals surface area contributed by atoms with E-state index in [2.05, 4.69) is 15.0 Å². The SMILES string of the molecule is CC(c1ccc(OC(F)(F)F)cc1)N(C)C1CN(C(=O)Nc2ccc(Oc3ccccc3)cc2)C1. The lowest BCUT2D eigenvalue weighted by atomic mass is 10.0. The Morgan fingerprint density at radius 3 is 2.11 bits per heavy atom. The minimum Gasteiger partial charge on any atom is -0.457 e. The number of para-hydroxylation sites is 1. The molecule has 1 unspecified atom stereocenters. The first-order valence-electron chi connectivity index (χ1n) is 11.1. The van der Waals surface area contributed by atoms with Crippen LogP contribution in [0.25, 0.3) is 0 Å². The average molecular weight is 486 g/mol. The van der Waals surface area contributed by atoms with Crippen LogP contribution in [-0.2, 0) is 0 Å². The first kappa shape index (κ1) is 24.4. The van der Waals surface area contributed by atoms with Crippen molar-refractivity contribution in [3.63, 3.8) is 0 Å². The molecule has 1 saturated heterocycles. The number of anilines is 1. The maximum atomic E-state index is 12.6. The predicted octanol–water partition coefficient (Wildman–Crippen LogP) is 6.29. The van der Waals surface area contributed by atoms with Crippen LogP contribution < -0.4 is 14.8 Å². The van der Waals surface area contributed by atoms with E-state index in [1.807, 2.05) is 44.3 Å². The van der Waals surface area contributed by atoms with E-state index in [1.54, 1.807) is 41.3 Å². The third-order valence-electron chi connectivity index (χ3n) is 6.02. The highest BCUT2D eigenvalue weighted by atomic mass is 19.4. The number of carbonyl (C=O) groups is 1. The summed E-state index contributed by atoms with van der Waals surface area (Å²) in [7, 11) is 1.94. The third-order valence-corrected chi connectivity index (χ3v) is 6.02. The van der Waals surface area contributed by atoms with Crippen molar-refractivity contribution in [2.75, 3.05) is 25.5 Å². The molecule has 0 radical (unpaired) electrons. The molecule has 4 rings (SSSR count). The number of hydrogen-bond acceptors (Lipinski definition) is 4. The number of carbonyl (C=O) groups excluding carboxylic acids is 1. The number of alkyl halides is 3. The van der Waals surface area contributed by atoms with Gasteiger partial charge in [0.25, 0.3) is 0 Å². The molecule has 1 N–H and O–H groups in total. The molecule has 0 bridgehead atoms. The van der Waals surface area contributed by atoms with E-state index in [0.717, 1.165) is 11.3 Å². The number of hydrogen-bond donors (Lipinski definition) is 1. The molecule has 2 amide bonds. The summed E-state index contributed by atoms with van der Waals surface area (Å²) in [6, 6.07) is 22.4. The van der Waals surface area contributed by atoms with Crippen molar-refractivity contribution in [1.82, 2.24) is 9.80 Å². The molecule has 1 fully saturated rings. The van der Waals surface area contributed by atoms with Crippen molar-refractivity contribution in [3.8, 4) is 17.2 Å². The molecule has 0 aliphatic carbocycles. The van der Waals surface area contributed by atoms with Gasteiger partial charge in [-0.3, -0.25) is 4.90 Å². The summed E-state index contributed by atoms with van der Waals surface area (Å²) >= 11 is 0. The number of benzene rings is 3. The maximum Gasteiger partial charge on any atom is 0.573 e. The van der Waals surface area contributed by atoms with Crippen molar-refractivity contribution in [2.24, 2.45) is 0 Å². The van der Waals surface area contributed by atoms with Crippen molar-refractivity contribution in [3.05, 3.63) is 84.4 Å². The molecular weight excluding hydrogens is 459 g/mol. The number of amides is 2. The smallest absolute Gasteiger partial charge is 0.457 e. The fraction of sp³-hybridized carbons (Fsp3) is 0.269. The Bertz CT molecular complexity index is 1120. The molecule has 1 aliphatic rings. The third kappa shape index (κ3) is 6.45. The minimum atomic E-state index is -4.71. The van der Waals surface area contributed by atoms with E-state index in [9.17, 15) is 18.0 Å². The van der Waals surface area contributed by atoms with Gasteiger partial charge in [0.1, 0.15) is 17.2 Å². The van der Waals surface area contributed by atoms with Crippen LogP contribution >= 0.6 is 0 Å². The summed E-state index contributed by atoms with van der Waals surface area (Å²) in [5, 5.41) is 2.89. The van der Waals surface area contributed by atoms with Gasteiger partial charge in [-0.2, -0.15) is 0 Å². The zero-order valence-electron chi connectivity index (χ0n) is 19.3. The van der Waals surface area contributed by atoms with Crippen LogP contribution in [-0.4, -0.2) is 48.4 Å². The summed E-state index contributed by atoms with van der Waals surface area (Å²) in [5.74, 6) is 1.16. The van der Waals surface area contributed by atoms with Crippen molar-refractivity contribution < 1.29 is 27.4 Å². The lowest BCUT2D eigenvalue weighted by molar-refractivity contribution is -0.274. The van der Waals surface area contributed by atoms with E-state index in [-0.39, 0.29) is 23.9 Å². The van der Waals surface area contributed by atoms with Crippen molar-refractivity contribution >= 4 is 11.7 Å². The number of ether oxygens (including phenoxy) is 2. The van der Waals surface area contributed by atoms with E-state index in [4.69, 9.17) is 4.74 Å². The molecule has 0 spiro atoms. The van der Waals surface area contributed by atoms with Gasteiger partial charge >= 0.3 is 12.4 Å². The van der Waals surface area contributed by atoms with E-state index >= 15 is 0 Å². The number of rotatable bonds is 7. The molecule has 35 heavy (non-hydrogen) atoms. The van der Waals surface area contributed by atoms with Crippen LogP contribution in [0.3, 0.4) is 0 Å². The first-order chi connectivity index (χ1) is 16.7. The summed E-state index contributed by atoms with van der Waals surface area (Å²) in [6.07, 6.45) is -4.71. The number of urea groups is 1. The molecule has 1 heterocycles. The molecule has 3 aromatic carbocycles. The highest BCUT2D eigenvalue weighted by molar-refractivity contribution is 5.90. The second-order valence-electron chi connectivity index (χ2n) is 8.39. The Morgan fingerprint density at radius 2 is 1.51 bits per heavy atom. The van der Waals surface area contributed by atoms with Crippen LogP contribution in [0.1, 0.15) is 18.5 Å². The van der Waals surface area contributed by atoms with Crippen LogP contribution in [0, 0.1) is 0 Å². The molecular formula is C26H26F3N3O3. The normalized spacial score (nSPS) is 14.9. The zero-order chi connectivity index (χ0) is 25.0. The summed E-state index contributed by atoms with van der Waals surface area (Å²) in [6.45, 7) is 3.08. The fourth-order valence-corrected chi connectivity index (χ4v) is 3.81. The molecule has 3 aromatic rings. The fourth-order valence-electron chi connectivity index (χ4n) is 3.81. The van der Waals surface area contributed by atoms with Gasteiger partial charge in [0.2, 0.25) is 0 Å². The van der Waals surface area contributed by atoms with Gasteiger partial charge in [0.05, 0.1) is 0 Å². The summed E-state index contributed by atoms with van der Waals surface area (Å²) in [5.41, 5.74) is 1.53. The molecule has 184 valence electrons. The quantitative estimate of drug-likeness (QED) is 0.428. The number of nitrogens with zero attached hydrogens (tertiary/aromatic N) is 2. The molecule has 0 aromatic heterocycles. The van der Waals surface area contributed by atoms with Crippen molar-refractivity contribution in [2.45, 2.75) is 25.4 Å². The van der Waals surface area contributed by atoms with Crippen molar-refractivity contribution in [1.29, 1.82) is 0 Å². The summed E-state index contributed by atoms with van der Waals surface area (Å²) in [4.78, 5) is 16.4. The Morgan fingerprint density at radius 1 is 0.943 bits per heavy atom. The van der Waals surface area contributed by atoms with Gasteiger partial charge in [-0.05, 0) is 68.1 Å². The highest BCUT2D eigenvalue weighted by Gasteiger charge is 2.35. The van der Waals surface area contributed by atoms with Gasteiger partial charge in [-0.25, -0.2) is 4.79 Å². The van der Waals surface area contributed by atoms with Crippen LogP contribution in [0.15, 0.2) is 78.9 Å². The monoisotopic (exact) mass is 485 g/mol.